The van der Waals surface area contributed by atoms with Gasteiger partial charge in [-0.15, -0.1) is 0 Å². The third kappa shape index (κ3) is 2.90. The molecule has 100 valence electrons. The van der Waals surface area contributed by atoms with Crippen molar-refractivity contribution in [1.82, 2.24) is 15.2 Å². The topological polar surface area (TPSA) is 58.4 Å². The standard InChI is InChI=1S/C13H21N3O2/c1-9(2)11-7-15-12(18-11)8-16-6-4-5-14-13(17)10(16)3/h7,9-10H,4-6,8H2,1-3H3,(H,14,17)/t10-/m0/s1. The Morgan fingerprint density at radius 3 is 3.06 bits per heavy atom. The van der Waals surface area contributed by atoms with Gasteiger partial charge in [-0.25, -0.2) is 4.98 Å². The van der Waals surface area contributed by atoms with Gasteiger partial charge in [0.05, 0.1) is 18.8 Å². The maximum Gasteiger partial charge on any atom is 0.237 e. The number of hydrogen-bond acceptors (Lipinski definition) is 4. The largest absolute Gasteiger partial charge is 0.444 e. The Hall–Kier alpha value is -1.36. The zero-order chi connectivity index (χ0) is 13.1. The smallest absolute Gasteiger partial charge is 0.237 e. The Morgan fingerprint density at radius 2 is 2.39 bits per heavy atom. The number of oxazole rings is 1. The lowest BCUT2D eigenvalue weighted by molar-refractivity contribution is -0.125. The van der Waals surface area contributed by atoms with Gasteiger partial charge in [-0.05, 0) is 13.3 Å². The van der Waals surface area contributed by atoms with Crippen molar-refractivity contribution in [2.75, 3.05) is 13.1 Å². The Bertz CT molecular complexity index is 414. The molecule has 2 rings (SSSR count). The third-order valence-electron chi connectivity index (χ3n) is 3.33. The molecule has 1 saturated heterocycles. The van der Waals surface area contributed by atoms with Gasteiger partial charge in [0.2, 0.25) is 11.8 Å². The monoisotopic (exact) mass is 251 g/mol. The fourth-order valence-corrected chi connectivity index (χ4v) is 2.06. The number of nitrogens with zero attached hydrogens (tertiary/aromatic N) is 2. The van der Waals surface area contributed by atoms with Crippen molar-refractivity contribution in [1.29, 1.82) is 0 Å². The summed E-state index contributed by atoms with van der Waals surface area (Å²) in [5, 5.41) is 2.90. The van der Waals surface area contributed by atoms with E-state index in [1.165, 1.54) is 0 Å². The van der Waals surface area contributed by atoms with Crippen LogP contribution in [0.2, 0.25) is 0 Å². The van der Waals surface area contributed by atoms with Crippen molar-refractivity contribution in [2.45, 2.75) is 45.7 Å². The molecule has 1 aromatic heterocycles. The highest BCUT2D eigenvalue weighted by Crippen LogP contribution is 2.17. The second-order valence-electron chi connectivity index (χ2n) is 5.10. The van der Waals surface area contributed by atoms with E-state index >= 15 is 0 Å². The van der Waals surface area contributed by atoms with Gasteiger partial charge in [-0.2, -0.15) is 0 Å². The van der Waals surface area contributed by atoms with Crippen LogP contribution in [0.25, 0.3) is 0 Å². The SMILES string of the molecule is CC(C)c1cnc(CN2CCCNC(=O)[C@@H]2C)o1. The number of rotatable bonds is 3. The molecule has 18 heavy (non-hydrogen) atoms. The first kappa shape index (κ1) is 13.1. The van der Waals surface area contributed by atoms with Crippen molar-refractivity contribution < 1.29 is 9.21 Å². The van der Waals surface area contributed by atoms with Crippen molar-refractivity contribution in [3.8, 4) is 0 Å². The lowest BCUT2D eigenvalue weighted by Gasteiger charge is -2.23. The van der Waals surface area contributed by atoms with Crippen LogP contribution in [-0.2, 0) is 11.3 Å². The summed E-state index contributed by atoms with van der Waals surface area (Å²) < 4.78 is 5.69. The highest BCUT2D eigenvalue weighted by molar-refractivity contribution is 5.81. The first-order valence-electron chi connectivity index (χ1n) is 6.54. The number of carbonyl (C=O) groups is 1. The minimum atomic E-state index is -0.123. The van der Waals surface area contributed by atoms with E-state index in [0.717, 1.165) is 25.3 Å². The van der Waals surface area contributed by atoms with Gasteiger partial charge in [0, 0.05) is 19.0 Å². The Kier molecular flexibility index (Phi) is 4.01. The normalized spacial score (nSPS) is 22.0. The van der Waals surface area contributed by atoms with Gasteiger partial charge in [-0.1, -0.05) is 13.8 Å². The summed E-state index contributed by atoms with van der Waals surface area (Å²) in [4.78, 5) is 18.1. The van der Waals surface area contributed by atoms with Crippen molar-refractivity contribution in [3.63, 3.8) is 0 Å². The second kappa shape index (κ2) is 5.52. The van der Waals surface area contributed by atoms with Gasteiger partial charge in [0.1, 0.15) is 5.76 Å². The molecule has 1 amide bonds. The molecule has 5 heteroatoms. The zero-order valence-electron chi connectivity index (χ0n) is 11.3. The molecule has 1 aliphatic heterocycles. The molecule has 0 unspecified atom stereocenters. The van der Waals surface area contributed by atoms with Crippen LogP contribution in [0.5, 0.6) is 0 Å². The molecule has 0 spiro atoms. The summed E-state index contributed by atoms with van der Waals surface area (Å²) in [7, 11) is 0. The molecular formula is C13H21N3O2. The predicted molar refractivity (Wildman–Crippen MR) is 68.1 cm³/mol. The molecule has 1 aromatic rings. The fourth-order valence-electron chi connectivity index (χ4n) is 2.06. The molecule has 0 bridgehead atoms. The Labute approximate surface area is 108 Å². The number of hydrogen-bond donors (Lipinski definition) is 1. The van der Waals surface area contributed by atoms with E-state index in [4.69, 9.17) is 4.42 Å². The summed E-state index contributed by atoms with van der Waals surface area (Å²) in [5.74, 6) is 2.02. The van der Waals surface area contributed by atoms with Crippen LogP contribution >= 0.6 is 0 Å². The highest BCUT2D eigenvalue weighted by atomic mass is 16.4. The van der Waals surface area contributed by atoms with E-state index in [9.17, 15) is 4.79 Å². The van der Waals surface area contributed by atoms with E-state index in [1.807, 2.05) is 6.92 Å². The van der Waals surface area contributed by atoms with Crippen LogP contribution in [0, 0.1) is 0 Å². The van der Waals surface area contributed by atoms with Crippen LogP contribution < -0.4 is 5.32 Å². The summed E-state index contributed by atoms with van der Waals surface area (Å²) >= 11 is 0. The minimum Gasteiger partial charge on any atom is -0.444 e. The molecule has 0 saturated carbocycles. The number of carbonyl (C=O) groups excluding carboxylic acids is 1. The van der Waals surface area contributed by atoms with Gasteiger partial charge in [-0.3, -0.25) is 9.69 Å². The van der Waals surface area contributed by atoms with Gasteiger partial charge >= 0.3 is 0 Å². The quantitative estimate of drug-likeness (QED) is 0.884. The summed E-state index contributed by atoms with van der Waals surface area (Å²) in [6.45, 7) is 8.31. The molecule has 1 atom stereocenters. The van der Waals surface area contributed by atoms with E-state index < -0.39 is 0 Å². The fraction of sp³-hybridized carbons (Fsp3) is 0.692. The lowest BCUT2D eigenvalue weighted by Crippen LogP contribution is -2.41. The molecule has 2 heterocycles. The highest BCUT2D eigenvalue weighted by Gasteiger charge is 2.25. The average Bonchev–Trinajstić information content (AvgIpc) is 2.74. The molecular weight excluding hydrogens is 230 g/mol. The van der Waals surface area contributed by atoms with Gasteiger partial charge in [0.25, 0.3) is 0 Å². The average molecular weight is 251 g/mol. The summed E-state index contributed by atoms with van der Waals surface area (Å²) in [5.41, 5.74) is 0. The summed E-state index contributed by atoms with van der Waals surface area (Å²) in [6, 6.07) is -0.123. The molecule has 0 radical (unpaired) electrons. The van der Waals surface area contributed by atoms with Crippen molar-refractivity contribution >= 4 is 5.91 Å². The van der Waals surface area contributed by atoms with Gasteiger partial charge in [0.15, 0.2) is 0 Å². The zero-order valence-corrected chi connectivity index (χ0v) is 11.3. The number of nitrogens with one attached hydrogen (secondary N) is 1. The van der Waals surface area contributed by atoms with Crippen molar-refractivity contribution in [3.05, 3.63) is 17.8 Å². The summed E-state index contributed by atoms with van der Waals surface area (Å²) in [6.07, 6.45) is 2.75. The minimum absolute atomic E-state index is 0.0862. The number of amides is 1. The van der Waals surface area contributed by atoms with Gasteiger partial charge < -0.3 is 9.73 Å². The van der Waals surface area contributed by atoms with Crippen LogP contribution in [0.4, 0.5) is 0 Å². The van der Waals surface area contributed by atoms with E-state index in [2.05, 4.69) is 29.0 Å². The molecule has 5 nitrogen and oxygen atoms in total. The molecule has 0 aliphatic carbocycles. The Balaban J connectivity index is 2.04. The van der Waals surface area contributed by atoms with Crippen LogP contribution in [0.15, 0.2) is 10.6 Å². The Morgan fingerprint density at radius 1 is 1.61 bits per heavy atom. The third-order valence-corrected chi connectivity index (χ3v) is 3.33. The van der Waals surface area contributed by atoms with Crippen LogP contribution in [-0.4, -0.2) is 34.9 Å². The predicted octanol–water partition coefficient (Wildman–Crippen LogP) is 1.51. The lowest BCUT2D eigenvalue weighted by atomic mass is 10.2. The maximum atomic E-state index is 11.7. The number of aromatic nitrogens is 1. The van der Waals surface area contributed by atoms with E-state index in [-0.39, 0.29) is 11.9 Å². The van der Waals surface area contributed by atoms with E-state index in [0.29, 0.717) is 18.4 Å². The van der Waals surface area contributed by atoms with Crippen LogP contribution in [0.3, 0.4) is 0 Å². The maximum absolute atomic E-state index is 11.7. The molecule has 1 fully saturated rings. The first-order valence-corrected chi connectivity index (χ1v) is 6.54. The molecule has 1 aliphatic rings. The molecule has 1 N–H and O–H groups in total. The van der Waals surface area contributed by atoms with Crippen molar-refractivity contribution in [2.24, 2.45) is 0 Å². The molecule has 0 aromatic carbocycles. The second-order valence-corrected chi connectivity index (χ2v) is 5.10. The first-order chi connectivity index (χ1) is 8.58. The van der Waals surface area contributed by atoms with Crippen LogP contribution in [0.1, 0.15) is 44.8 Å². The van der Waals surface area contributed by atoms with E-state index in [1.54, 1.807) is 6.20 Å².